The smallest absolute Gasteiger partial charge is 0.170 e. The van der Waals surface area contributed by atoms with Crippen molar-refractivity contribution in [2.24, 2.45) is 0 Å². The second-order valence-corrected chi connectivity index (χ2v) is 3.40. The Balaban J connectivity index is 2.69. The highest BCUT2D eigenvalue weighted by Gasteiger charge is 2.11. The molecule has 2 aromatic rings. The summed E-state index contributed by atoms with van der Waals surface area (Å²) in [6.45, 7) is 4.12. The maximum Gasteiger partial charge on any atom is 0.170 e. The van der Waals surface area contributed by atoms with Gasteiger partial charge >= 0.3 is 0 Å². The SMILES string of the molecule is CC(C)c1noc2cc(O)ccc12. The van der Waals surface area contributed by atoms with E-state index in [9.17, 15) is 5.11 Å². The summed E-state index contributed by atoms with van der Waals surface area (Å²) >= 11 is 0. The highest BCUT2D eigenvalue weighted by atomic mass is 16.5. The minimum absolute atomic E-state index is 0.207. The Labute approximate surface area is 76.0 Å². The van der Waals surface area contributed by atoms with Crippen molar-refractivity contribution >= 4 is 11.0 Å². The van der Waals surface area contributed by atoms with Crippen LogP contribution in [-0.4, -0.2) is 10.3 Å². The number of hydrogen-bond acceptors (Lipinski definition) is 3. The standard InChI is InChI=1S/C10H11NO2/c1-6(2)10-8-4-3-7(12)5-9(8)13-11-10/h3-6,12H,1-2H3. The molecule has 13 heavy (non-hydrogen) atoms. The van der Waals surface area contributed by atoms with Gasteiger partial charge in [-0.1, -0.05) is 19.0 Å². The molecule has 0 atom stereocenters. The van der Waals surface area contributed by atoms with E-state index in [2.05, 4.69) is 19.0 Å². The summed E-state index contributed by atoms with van der Waals surface area (Å²) in [4.78, 5) is 0. The molecule has 0 fully saturated rings. The predicted octanol–water partition coefficient (Wildman–Crippen LogP) is 2.66. The molecule has 1 aromatic heterocycles. The average molecular weight is 177 g/mol. The normalized spacial score (nSPS) is 11.3. The van der Waals surface area contributed by atoms with Crippen LogP contribution in [0.1, 0.15) is 25.5 Å². The molecular weight excluding hydrogens is 166 g/mol. The minimum Gasteiger partial charge on any atom is -0.508 e. The molecule has 0 saturated carbocycles. The number of phenolic OH excluding ortho intramolecular Hbond substituents is 1. The number of benzene rings is 1. The van der Waals surface area contributed by atoms with Gasteiger partial charge in [0.2, 0.25) is 0 Å². The fourth-order valence-corrected chi connectivity index (χ4v) is 1.36. The highest BCUT2D eigenvalue weighted by molar-refractivity contribution is 5.81. The van der Waals surface area contributed by atoms with E-state index < -0.39 is 0 Å². The van der Waals surface area contributed by atoms with Crippen LogP contribution < -0.4 is 0 Å². The zero-order valence-corrected chi connectivity index (χ0v) is 7.61. The fraction of sp³-hybridized carbons (Fsp3) is 0.300. The molecule has 0 aliphatic heterocycles. The Hall–Kier alpha value is -1.51. The van der Waals surface area contributed by atoms with Crippen molar-refractivity contribution < 1.29 is 9.63 Å². The van der Waals surface area contributed by atoms with Crippen LogP contribution in [0.2, 0.25) is 0 Å². The molecule has 0 radical (unpaired) electrons. The number of fused-ring (bicyclic) bond motifs is 1. The molecule has 0 amide bonds. The van der Waals surface area contributed by atoms with Crippen molar-refractivity contribution in [1.29, 1.82) is 0 Å². The van der Waals surface area contributed by atoms with Gasteiger partial charge in [-0.05, 0) is 18.1 Å². The second kappa shape index (κ2) is 2.76. The lowest BCUT2D eigenvalue weighted by atomic mass is 10.1. The van der Waals surface area contributed by atoms with Gasteiger partial charge in [-0.2, -0.15) is 0 Å². The molecule has 3 heteroatoms. The maximum absolute atomic E-state index is 9.19. The first-order valence-corrected chi connectivity index (χ1v) is 4.27. The average Bonchev–Trinajstić information content (AvgIpc) is 2.46. The Morgan fingerprint density at radius 3 is 2.85 bits per heavy atom. The van der Waals surface area contributed by atoms with Gasteiger partial charge in [0.15, 0.2) is 5.58 Å². The molecular formula is C10H11NO2. The zero-order valence-electron chi connectivity index (χ0n) is 7.61. The molecule has 0 spiro atoms. The molecule has 3 nitrogen and oxygen atoms in total. The second-order valence-electron chi connectivity index (χ2n) is 3.40. The molecule has 1 aromatic carbocycles. The van der Waals surface area contributed by atoms with E-state index in [-0.39, 0.29) is 5.75 Å². The van der Waals surface area contributed by atoms with Gasteiger partial charge in [-0.3, -0.25) is 0 Å². The first-order chi connectivity index (χ1) is 6.18. The summed E-state index contributed by atoms with van der Waals surface area (Å²) in [5.74, 6) is 0.546. The third-order valence-electron chi connectivity index (χ3n) is 2.03. The van der Waals surface area contributed by atoms with Crippen molar-refractivity contribution in [1.82, 2.24) is 5.16 Å². The minimum atomic E-state index is 0.207. The summed E-state index contributed by atoms with van der Waals surface area (Å²) in [7, 11) is 0. The largest absolute Gasteiger partial charge is 0.508 e. The molecule has 1 heterocycles. The van der Waals surface area contributed by atoms with Crippen LogP contribution in [0.5, 0.6) is 5.75 Å². The fourth-order valence-electron chi connectivity index (χ4n) is 1.36. The Morgan fingerprint density at radius 2 is 2.15 bits per heavy atom. The van der Waals surface area contributed by atoms with E-state index >= 15 is 0 Å². The van der Waals surface area contributed by atoms with E-state index in [0.29, 0.717) is 11.5 Å². The van der Waals surface area contributed by atoms with Crippen LogP contribution >= 0.6 is 0 Å². The number of rotatable bonds is 1. The van der Waals surface area contributed by atoms with E-state index in [4.69, 9.17) is 4.52 Å². The van der Waals surface area contributed by atoms with Crippen molar-refractivity contribution in [3.05, 3.63) is 23.9 Å². The van der Waals surface area contributed by atoms with Gasteiger partial charge in [-0.25, -0.2) is 0 Å². The van der Waals surface area contributed by atoms with Crippen LogP contribution in [-0.2, 0) is 0 Å². The lowest BCUT2D eigenvalue weighted by Gasteiger charge is -1.97. The summed E-state index contributed by atoms with van der Waals surface area (Å²) < 4.78 is 5.08. The predicted molar refractivity (Wildman–Crippen MR) is 49.8 cm³/mol. The van der Waals surface area contributed by atoms with Crippen LogP contribution in [0.15, 0.2) is 22.7 Å². The lowest BCUT2D eigenvalue weighted by Crippen LogP contribution is -1.86. The lowest BCUT2D eigenvalue weighted by molar-refractivity contribution is 0.437. The first kappa shape index (κ1) is 8.10. The number of nitrogens with zero attached hydrogens (tertiary/aromatic N) is 1. The summed E-state index contributed by atoms with van der Waals surface area (Å²) in [5.41, 5.74) is 1.58. The quantitative estimate of drug-likeness (QED) is 0.728. The highest BCUT2D eigenvalue weighted by Crippen LogP contribution is 2.26. The Morgan fingerprint density at radius 1 is 1.38 bits per heavy atom. The van der Waals surface area contributed by atoms with Crippen LogP contribution in [0.4, 0.5) is 0 Å². The van der Waals surface area contributed by atoms with Crippen molar-refractivity contribution in [3.63, 3.8) is 0 Å². The van der Waals surface area contributed by atoms with Gasteiger partial charge in [0.25, 0.3) is 0 Å². The third-order valence-corrected chi connectivity index (χ3v) is 2.03. The van der Waals surface area contributed by atoms with E-state index in [1.807, 2.05) is 6.07 Å². The van der Waals surface area contributed by atoms with Crippen LogP contribution in [0.25, 0.3) is 11.0 Å². The van der Waals surface area contributed by atoms with Gasteiger partial charge in [0.1, 0.15) is 5.75 Å². The van der Waals surface area contributed by atoms with Gasteiger partial charge in [-0.15, -0.1) is 0 Å². The molecule has 0 saturated heterocycles. The number of aromatic hydroxyl groups is 1. The van der Waals surface area contributed by atoms with Gasteiger partial charge in [0, 0.05) is 11.5 Å². The van der Waals surface area contributed by atoms with E-state index in [0.717, 1.165) is 11.1 Å². The Kier molecular flexibility index (Phi) is 1.72. The number of aromatic nitrogens is 1. The van der Waals surface area contributed by atoms with Gasteiger partial charge in [0.05, 0.1) is 5.69 Å². The van der Waals surface area contributed by atoms with Crippen molar-refractivity contribution in [2.45, 2.75) is 19.8 Å². The summed E-state index contributed by atoms with van der Waals surface area (Å²) in [5, 5.41) is 14.1. The van der Waals surface area contributed by atoms with E-state index in [1.54, 1.807) is 12.1 Å². The topological polar surface area (TPSA) is 46.3 Å². The van der Waals surface area contributed by atoms with Crippen molar-refractivity contribution in [2.75, 3.05) is 0 Å². The molecule has 1 N–H and O–H groups in total. The Bertz CT molecular complexity index is 431. The van der Waals surface area contributed by atoms with Crippen LogP contribution in [0.3, 0.4) is 0 Å². The number of hydrogen-bond donors (Lipinski definition) is 1. The monoisotopic (exact) mass is 177 g/mol. The molecule has 0 unspecified atom stereocenters. The molecule has 68 valence electrons. The van der Waals surface area contributed by atoms with Crippen LogP contribution in [0, 0.1) is 0 Å². The van der Waals surface area contributed by atoms with Gasteiger partial charge < -0.3 is 9.63 Å². The maximum atomic E-state index is 9.19. The molecule has 2 rings (SSSR count). The third kappa shape index (κ3) is 1.26. The summed E-state index contributed by atoms with van der Waals surface area (Å²) in [6.07, 6.45) is 0. The van der Waals surface area contributed by atoms with Crippen molar-refractivity contribution in [3.8, 4) is 5.75 Å². The summed E-state index contributed by atoms with van der Waals surface area (Å²) in [6, 6.07) is 5.05. The van der Waals surface area contributed by atoms with E-state index in [1.165, 1.54) is 0 Å². The molecule has 0 bridgehead atoms. The zero-order chi connectivity index (χ0) is 9.42. The molecule has 0 aliphatic rings. The number of phenols is 1. The molecule has 0 aliphatic carbocycles. The first-order valence-electron chi connectivity index (χ1n) is 4.27.